The molecule has 0 bridgehead atoms. The maximum Gasteiger partial charge on any atom is 0.374 e. The number of halogens is 2. The number of alkyl halides is 2. The topological polar surface area (TPSA) is 92.4 Å². The Balaban J connectivity index is 2.17. The molecule has 21 heavy (non-hydrogen) atoms. The van der Waals surface area contributed by atoms with E-state index in [9.17, 15) is 18.4 Å². The first-order valence-electron chi connectivity index (χ1n) is 5.52. The minimum atomic E-state index is -2.63. The molecule has 110 valence electrons. The molecule has 0 radical (unpaired) electrons. The molecule has 0 aliphatic rings. The number of rotatable bonds is 5. The van der Waals surface area contributed by atoms with Crippen molar-refractivity contribution in [3.05, 3.63) is 41.8 Å². The van der Waals surface area contributed by atoms with Gasteiger partial charge in [-0.25, -0.2) is 4.79 Å². The highest BCUT2D eigenvalue weighted by atomic mass is 32.2. The van der Waals surface area contributed by atoms with Crippen molar-refractivity contribution in [2.75, 3.05) is 5.32 Å². The summed E-state index contributed by atoms with van der Waals surface area (Å²) < 4.78 is 29.3. The van der Waals surface area contributed by atoms with Gasteiger partial charge in [-0.05, 0) is 12.1 Å². The van der Waals surface area contributed by atoms with Crippen molar-refractivity contribution < 1.29 is 28.0 Å². The molecule has 0 spiro atoms. The van der Waals surface area contributed by atoms with Gasteiger partial charge < -0.3 is 14.9 Å². The molecule has 0 atom stereocenters. The summed E-state index contributed by atoms with van der Waals surface area (Å²) in [4.78, 5) is 22.7. The average molecular weight is 314 g/mol. The lowest BCUT2D eigenvalue weighted by Crippen LogP contribution is -2.13. The predicted molar refractivity (Wildman–Crippen MR) is 69.7 cm³/mol. The number of hydrogen-bond acceptors (Lipinski definition) is 5. The number of amides is 1. The van der Waals surface area contributed by atoms with E-state index >= 15 is 0 Å². The highest BCUT2D eigenvalue weighted by Gasteiger charge is 2.18. The van der Waals surface area contributed by atoms with Crippen LogP contribution in [0.15, 0.2) is 39.8 Å². The third kappa shape index (κ3) is 3.78. The van der Waals surface area contributed by atoms with Gasteiger partial charge in [0.2, 0.25) is 5.76 Å². The van der Waals surface area contributed by atoms with Crippen molar-refractivity contribution in [3.63, 3.8) is 0 Å². The molecule has 1 aromatic heterocycles. The number of carboxylic acids is 1. The summed E-state index contributed by atoms with van der Waals surface area (Å²) in [6.45, 7) is 0. The fourth-order valence-electron chi connectivity index (χ4n) is 1.44. The van der Waals surface area contributed by atoms with Gasteiger partial charge in [-0.15, -0.1) is 0 Å². The quantitative estimate of drug-likeness (QED) is 0.824. The number of carboxylic acid groups (broad SMARTS) is 1. The van der Waals surface area contributed by atoms with Gasteiger partial charge in [0.05, 0.1) is 5.69 Å². The molecular weight excluding hydrogens is 306 g/mol. The van der Waals surface area contributed by atoms with Crippen LogP contribution in [0, 0.1) is 0 Å². The monoisotopic (exact) mass is 314 g/mol. The molecule has 2 aromatic rings. The van der Waals surface area contributed by atoms with E-state index in [1.54, 1.807) is 12.1 Å². The number of nitrogens with zero attached hydrogens (tertiary/aromatic N) is 1. The van der Waals surface area contributed by atoms with Crippen LogP contribution in [0.2, 0.25) is 0 Å². The van der Waals surface area contributed by atoms with E-state index < -0.39 is 23.4 Å². The normalized spacial score (nSPS) is 10.6. The second-order valence-electron chi connectivity index (χ2n) is 3.71. The zero-order chi connectivity index (χ0) is 15.4. The smallest absolute Gasteiger partial charge is 0.374 e. The van der Waals surface area contributed by atoms with E-state index in [2.05, 4.69) is 15.0 Å². The SMILES string of the molecule is O=C(Nc1ccccc1SC(F)F)c1cc(C(=O)O)on1. The first kappa shape index (κ1) is 15.0. The van der Waals surface area contributed by atoms with Gasteiger partial charge in [0.15, 0.2) is 5.69 Å². The summed E-state index contributed by atoms with van der Waals surface area (Å²) in [5.41, 5.74) is -0.0862. The van der Waals surface area contributed by atoms with E-state index in [0.29, 0.717) is 0 Å². The number of nitrogens with one attached hydrogen (secondary N) is 1. The van der Waals surface area contributed by atoms with E-state index in [0.717, 1.165) is 6.07 Å². The van der Waals surface area contributed by atoms with Crippen LogP contribution in [-0.4, -0.2) is 27.9 Å². The molecule has 1 amide bonds. The number of aromatic carboxylic acids is 1. The number of aromatic nitrogens is 1. The second kappa shape index (κ2) is 6.35. The molecular formula is C12H8F2N2O4S. The van der Waals surface area contributed by atoms with Crippen molar-refractivity contribution in [1.29, 1.82) is 0 Å². The Kier molecular flexibility index (Phi) is 4.53. The fraction of sp³-hybridized carbons (Fsp3) is 0.0833. The van der Waals surface area contributed by atoms with Crippen LogP contribution in [0.5, 0.6) is 0 Å². The predicted octanol–water partition coefficient (Wildman–Crippen LogP) is 2.94. The number of benzene rings is 1. The second-order valence-corrected chi connectivity index (χ2v) is 4.74. The standard InChI is InChI=1S/C12H8F2N2O4S/c13-12(14)21-9-4-2-1-3-6(9)15-10(17)7-5-8(11(18)19)20-16-7/h1-5,12H,(H,15,17)(H,18,19). The first-order chi connectivity index (χ1) is 9.97. The number of anilines is 1. The van der Waals surface area contributed by atoms with E-state index in [-0.39, 0.29) is 28.0 Å². The Morgan fingerprint density at radius 2 is 2.05 bits per heavy atom. The van der Waals surface area contributed by atoms with Gasteiger partial charge in [0, 0.05) is 11.0 Å². The molecule has 0 saturated heterocycles. The Morgan fingerprint density at radius 3 is 2.67 bits per heavy atom. The summed E-state index contributed by atoms with van der Waals surface area (Å²) in [5.74, 6) is -5.24. The molecule has 0 aliphatic carbocycles. The molecule has 1 heterocycles. The molecule has 0 aliphatic heterocycles. The lowest BCUT2D eigenvalue weighted by Gasteiger charge is -2.08. The van der Waals surface area contributed by atoms with Crippen LogP contribution in [0.25, 0.3) is 0 Å². The summed E-state index contributed by atoms with van der Waals surface area (Å²) in [5, 5.41) is 14.3. The Labute approximate surface area is 121 Å². The van der Waals surface area contributed by atoms with Gasteiger partial charge in [-0.2, -0.15) is 8.78 Å². The van der Waals surface area contributed by atoms with Gasteiger partial charge in [-0.3, -0.25) is 4.79 Å². The maximum absolute atomic E-state index is 12.4. The number of para-hydroxylation sites is 1. The van der Waals surface area contributed by atoms with Crippen molar-refractivity contribution in [3.8, 4) is 0 Å². The van der Waals surface area contributed by atoms with Crippen molar-refractivity contribution in [2.45, 2.75) is 10.7 Å². The molecule has 9 heteroatoms. The van der Waals surface area contributed by atoms with Crippen molar-refractivity contribution >= 4 is 29.3 Å². The van der Waals surface area contributed by atoms with Crippen LogP contribution in [0.3, 0.4) is 0 Å². The zero-order valence-corrected chi connectivity index (χ0v) is 11.1. The summed E-state index contributed by atoms with van der Waals surface area (Å²) in [7, 11) is 0. The third-order valence-corrected chi connectivity index (χ3v) is 3.09. The molecule has 0 saturated carbocycles. The average Bonchev–Trinajstić information content (AvgIpc) is 2.90. The molecule has 0 unspecified atom stereocenters. The maximum atomic E-state index is 12.4. The first-order valence-corrected chi connectivity index (χ1v) is 6.40. The molecule has 2 N–H and O–H groups in total. The van der Waals surface area contributed by atoms with Gasteiger partial charge in [-0.1, -0.05) is 29.1 Å². The summed E-state index contributed by atoms with van der Waals surface area (Å²) in [6, 6.07) is 6.94. The lowest BCUT2D eigenvalue weighted by atomic mass is 10.3. The Morgan fingerprint density at radius 1 is 1.33 bits per heavy atom. The van der Waals surface area contributed by atoms with Gasteiger partial charge in [0.1, 0.15) is 0 Å². The van der Waals surface area contributed by atoms with Crippen LogP contribution < -0.4 is 5.32 Å². The van der Waals surface area contributed by atoms with Crippen molar-refractivity contribution in [1.82, 2.24) is 5.16 Å². The number of carbonyl (C=O) groups excluding carboxylic acids is 1. The Hall–Kier alpha value is -2.42. The van der Waals surface area contributed by atoms with E-state index in [1.807, 2.05) is 0 Å². The number of carbonyl (C=O) groups is 2. The van der Waals surface area contributed by atoms with Crippen molar-refractivity contribution in [2.24, 2.45) is 0 Å². The zero-order valence-electron chi connectivity index (χ0n) is 10.2. The molecule has 0 fully saturated rings. The molecule has 2 rings (SSSR count). The van der Waals surface area contributed by atoms with Gasteiger partial charge in [0.25, 0.3) is 11.7 Å². The third-order valence-electron chi connectivity index (χ3n) is 2.30. The minimum absolute atomic E-state index is 0.174. The van der Waals surface area contributed by atoms with E-state index in [1.165, 1.54) is 12.1 Å². The largest absolute Gasteiger partial charge is 0.475 e. The number of thioether (sulfide) groups is 1. The van der Waals surface area contributed by atoms with Crippen LogP contribution in [0.1, 0.15) is 21.0 Å². The molecule has 1 aromatic carbocycles. The highest BCUT2D eigenvalue weighted by molar-refractivity contribution is 7.99. The summed E-state index contributed by atoms with van der Waals surface area (Å²) in [6.07, 6.45) is 0. The Bertz CT molecular complexity index is 675. The van der Waals surface area contributed by atoms with Crippen LogP contribution >= 0.6 is 11.8 Å². The lowest BCUT2D eigenvalue weighted by molar-refractivity contribution is 0.0651. The minimum Gasteiger partial charge on any atom is -0.475 e. The number of hydrogen-bond donors (Lipinski definition) is 2. The molecule has 6 nitrogen and oxygen atoms in total. The van der Waals surface area contributed by atoms with E-state index in [4.69, 9.17) is 5.11 Å². The summed E-state index contributed by atoms with van der Waals surface area (Å²) >= 11 is 0.286. The van der Waals surface area contributed by atoms with Crippen LogP contribution in [-0.2, 0) is 0 Å². The highest BCUT2D eigenvalue weighted by Crippen LogP contribution is 2.31. The van der Waals surface area contributed by atoms with Crippen LogP contribution in [0.4, 0.5) is 14.5 Å². The fourth-order valence-corrected chi connectivity index (χ4v) is 2.03. The van der Waals surface area contributed by atoms with Gasteiger partial charge >= 0.3 is 5.97 Å².